The van der Waals surface area contributed by atoms with Crippen LogP contribution >= 0.6 is 0 Å². The van der Waals surface area contributed by atoms with Crippen LogP contribution in [0.15, 0.2) is 42.5 Å². The van der Waals surface area contributed by atoms with E-state index >= 15 is 0 Å². The van der Waals surface area contributed by atoms with Crippen molar-refractivity contribution in [2.24, 2.45) is 0 Å². The fraction of sp³-hybridized carbons (Fsp3) is 0.391. The predicted octanol–water partition coefficient (Wildman–Crippen LogP) is 4.03. The highest BCUT2D eigenvalue weighted by molar-refractivity contribution is 6.06. The number of benzene rings is 2. The highest BCUT2D eigenvalue weighted by atomic mass is 16.5. The number of carbonyl (C=O) groups is 2. The fourth-order valence-corrected chi connectivity index (χ4v) is 3.67. The maximum atomic E-state index is 13.1. The minimum Gasteiger partial charge on any atom is -0.497 e. The Morgan fingerprint density at radius 3 is 2.45 bits per heavy atom. The monoisotopic (exact) mass is 395 g/mol. The lowest BCUT2D eigenvalue weighted by Crippen LogP contribution is -2.32. The number of anilines is 2. The molecule has 0 spiro atoms. The maximum Gasteiger partial charge on any atom is 0.256 e. The third kappa shape index (κ3) is 4.70. The average molecular weight is 396 g/mol. The standard InChI is InChI=1S/C23H29N3O3/c1-4-25(5-2)23(28)20-16-18(11-12-21(20)26-13-6-7-14-26)24-22(27)17-9-8-10-19(15-17)29-3/h8-12,15-16H,4-7,13-14H2,1-3H3,(H,24,27). The van der Waals surface area contributed by atoms with Gasteiger partial charge < -0.3 is 19.9 Å². The summed E-state index contributed by atoms with van der Waals surface area (Å²) < 4.78 is 5.19. The molecule has 1 saturated heterocycles. The van der Waals surface area contributed by atoms with Gasteiger partial charge in [-0.2, -0.15) is 0 Å². The summed E-state index contributed by atoms with van der Waals surface area (Å²) in [5.74, 6) is 0.382. The van der Waals surface area contributed by atoms with E-state index in [2.05, 4.69) is 10.2 Å². The molecule has 0 aromatic heterocycles. The number of hydrogen-bond acceptors (Lipinski definition) is 4. The minimum absolute atomic E-state index is 0.00520. The highest BCUT2D eigenvalue weighted by Gasteiger charge is 2.23. The van der Waals surface area contributed by atoms with Gasteiger partial charge in [-0.05, 0) is 63.1 Å². The summed E-state index contributed by atoms with van der Waals surface area (Å²) in [5, 5.41) is 2.91. The van der Waals surface area contributed by atoms with Gasteiger partial charge in [-0.15, -0.1) is 0 Å². The Kier molecular flexibility index (Phi) is 6.75. The number of ether oxygens (including phenoxy) is 1. The molecule has 2 aromatic carbocycles. The van der Waals surface area contributed by atoms with Gasteiger partial charge in [0.05, 0.1) is 12.7 Å². The van der Waals surface area contributed by atoms with Crippen LogP contribution in [0.2, 0.25) is 0 Å². The number of nitrogens with one attached hydrogen (secondary N) is 1. The Balaban J connectivity index is 1.90. The van der Waals surface area contributed by atoms with Crippen molar-refractivity contribution in [3.63, 3.8) is 0 Å². The average Bonchev–Trinajstić information content (AvgIpc) is 3.29. The molecule has 0 radical (unpaired) electrons. The van der Waals surface area contributed by atoms with Crippen molar-refractivity contribution in [2.45, 2.75) is 26.7 Å². The molecule has 1 aliphatic rings. The number of hydrogen-bond donors (Lipinski definition) is 1. The van der Waals surface area contributed by atoms with Crippen molar-refractivity contribution in [3.8, 4) is 5.75 Å². The van der Waals surface area contributed by atoms with Gasteiger partial charge in [0.2, 0.25) is 0 Å². The third-order valence-electron chi connectivity index (χ3n) is 5.31. The Bertz CT molecular complexity index is 871. The molecule has 6 nitrogen and oxygen atoms in total. The van der Waals surface area contributed by atoms with Crippen LogP contribution in [0.5, 0.6) is 5.75 Å². The van der Waals surface area contributed by atoms with Gasteiger partial charge in [-0.1, -0.05) is 6.07 Å². The van der Waals surface area contributed by atoms with Crippen molar-refractivity contribution in [3.05, 3.63) is 53.6 Å². The van der Waals surface area contributed by atoms with Gasteiger partial charge in [-0.25, -0.2) is 0 Å². The first kappa shape index (κ1) is 20.7. The number of nitrogens with zero attached hydrogens (tertiary/aromatic N) is 2. The summed E-state index contributed by atoms with van der Waals surface area (Å²) in [6.45, 7) is 7.16. The van der Waals surface area contributed by atoms with Gasteiger partial charge in [0.25, 0.3) is 11.8 Å². The van der Waals surface area contributed by atoms with E-state index in [0.717, 1.165) is 31.6 Å². The number of carbonyl (C=O) groups excluding carboxylic acids is 2. The third-order valence-corrected chi connectivity index (χ3v) is 5.31. The lowest BCUT2D eigenvalue weighted by molar-refractivity contribution is 0.0773. The maximum absolute atomic E-state index is 13.1. The molecule has 154 valence electrons. The number of amides is 2. The quantitative estimate of drug-likeness (QED) is 0.769. The molecule has 0 aliphatic carbocycles. The number of rotatable bonds is 7. The first-order valence-electron chi connectivity index (χ1n) is 10.2. The zero-order valence-corrected chi connectivity index (χ0v) is 17.4. The summed E-state index contributed by atoms with van der Waals surface area (Å²) in [6, 6.07) is 12.6. The van der Waals surface area contributed by atoms with Gasteiger partial charge in [-0.3, -0.25) is 9.59 Å². The first-order chi connectivity index (χ1) is 14.1. The van der Waals surface area contributed by atoms with Crippen molar-refractivity contribution in [2.75, 3.05) is 43.5 Å². The zero-order chi connectivity index (χ0) is 20.8. The Morgan fingerprint density at radius 2 is 1.79 bits per heavy atom. The molecule has 0 atom stereocenters. The normalized spacial score (nSPS) is 13.3. The van der Waals surface area contributed by atoms with Crippen molar-refractivity contribution in [1.29, 1.82) is 0 Å². The van der Waals surface area contributed by atoms with Crippen LogP contribution in [0.3, 0.4) is 0 Å². The van der Waals surface area contributed by atoms with Crippen molar-refractivity contribution >= 4 is 23.2 Å². The minimum atomic E-state index is -0.237. The van der Waals surface area contributed by atoms with Crippen LogP contribution in [0, 0.1) is 0 Å². The lowest BCUT2D eigenvalue weighted by atomic mass is 10.1. The van der Waals surface area contributed by atoms with Crippen molar-refractivity contribution in [1.82, 2.24) is 4.90 Å². The topological polar surface area (TPSA) is 61.9 Å². The molecule has 1 heterocycles. The summed E-state index contributed by atoms with van der Waals surface area (Å²) in [6.07, 6.45) is 2.26. The Hall–Kier alpha value is -3.02. The molecule has 29 heavy (non-hydrogen) atoms. The Morgan fingerprint density at radius 1 is 1.07 bits per heavy atom. The van der Waals surface area contributed by atoms with Crippen LogP contribution < -0.4 is 15.0 Å². The summed E-state index contributed by atoms with van der Waals surface area (Å²) in [4.78, 5) is 29.9. The molecule has 0 unspecified atom stereocenters. The van der Waals surface area contributed by atoms with Crippen LogP contribution in [0.25, 0.3) is 0 Å². The lowest BCUT2D eigenvalue weighted by Gasteiger charge is -2.25. The molecular weight excluding hydrogens is 366 g/mol. The second-order valence-electron chi connectivity index (χ2n) is 7.09. The van der Waals surface area contributed by atoms with E-state index < -0.39 is 0 Å². The van der Waals surface area contributed by atoms with Gasteiger partial charge >= 0.3 is 0 Å². The van der Waals surface area contributed by atoms with Crippen molar-refractivity contribution < 1.29 is 14.3 Å². The molecule has 1 fully saturated rings. The van der Waals surface area contributed by atoms with E-state index in [9.17, 15) is 9.59 Å². The first-order valence-corrected chi connectivity index (χ1v) is 10.2. The van der Waals surface area contributed by atoms with E-state index in [1.807, 2.05) is 30.9 Å². The highest BCUT2D eigenvalue weighted by Crippen LogP contribution is 2.29. The van der Waals surface area contributed by atoms with Gasteiger partial charge in [0, 0.05) is 43.1 Å². The SMILES string of the molecule is CCN(CC)C(=O)c1cc(NC(=O)c2cccc(OC)c2)ccc1N1CCCC1. The summed E-state index contributed by atoms with van der Waals surface area (Å²) >= 11 is 0. The molecule has 0 saturated carbocycles. The molecule has 6 heteroatoms. The molecule has 1 N–H and O–H groups in total. The number of methoxy groups -OCH3 is 1. The second kappa shape index (κ2) is 9.45. The molecule has 0 bridgehead atoms. The van der Waals surface area contributed by atoms with Gasteiger partial charge in [0.15, 0.2) is 0 Å². The smallest absolute Gasteiger partial charge is 0.256 e. The Labute approximate surface area is 172 Å². The van der Waals surface area contributed by atoms with Gasteiger partial charge in [0.1, 0.15) is 5.75 Å². The molecule has 3 rings (SSSR count). The van der Waals surface area contributed by atoms with E-state index in [-0.39, 0.29) is 11.8 Å². The molecule has 2 aromatic rings. The molecule has 2 amide bonds. The summed E-state index contributed by atoms with van der Waals surface area (Å²) in [5.41, 5.74) is 2.69. The van der Waals surface area contributed by atoms with Crippen LogP contribution in [0.4, 0.5) is 11.4 Å². The van der Waals surface area contributed by atoms with E-state index in [1.54, 1.807) is 37.4 Å². The van der Waals surface area contributed by atoms with E-state index in [4.69, 9.17) is 4.74 Å². The largest absolute Gasteiger partial charge is 0.497 e. The van der Waals surface area contributed by atoms with E-state index in [1.165, 1.54) is 0 Å². The zero-order valence-electron chi connectivity index (χ0n) is 17.4. The fourth-order valence-electron chi connectivity index (χ4n) is 3.67. The van der Waals surface area contributed by atoms with Crippen LogP contribution in [-0.2, 0) is 0 Å². The molecule has 1 aliphatic heterocycles. The van der Waals surface area contributed by atoms with E-state index in [0.29, 0.717) is 35.7 Å². The predicted molar refractivity (Wildman–Crippen MR) is 116 cm³/mol. The molecular formula is C23H29N3O3. The summed E-state index contributed by atoms with van der Waals surface area (Å²) in [7, 11) is 1.57. The second-order valence-corrected chi connectivity index (χ2v) is 7.09. The van der Waals surface area contributed by atoms with Crippen LogP contribution in [0.1, 0.15) is 47.4 Å². The van der Waals surface area contributed by atoms with Crippen LogP contribution in [-0.4, -0.2) is 50.0 Å².